The molecule has 51 heavy (non-hydrogen) atoms. The lowest BCUT2D eigenvalue weighted by atomic mass is 9.93. The molecule has 4 aliphatic heterocycles. The van der Waals surface area contributed by atoms with E-state index in [0.29, 0.717) is 43.6 Å². The molecule has 2 fully saturated rings. The molecule has 0 bridgehead atoms. The molecular weight excluding hydrogens is 731 g/mol. The summed E-state index contributed by atoms with van der Waals surface area (Å²) >= 11 is 3.49. The number of halogens is 4. The highest BCUT2D eigenvalue weighted by molar-refractivity contribution is 9.10. The number of carbonyl (C=O) groups excluding carboxylic acids is 1. The number of nitrogens with one attached hydrogen (secondary N) is 1. The number of pyridine rings is 2. The van der Waals surface area contributed by atoms with Crippen molar-refractivity contribution in [3.63, 3.8) is 0 Å². The van der Waals surface area contributed by atoms with E-state index in [9.17, 15) is 28.2 Å². The number of amides is 1. The van der Waals surface area contributed by atoms with Gasteiger partial charge in [0.15, 0.2) is 0 Å². The van der Waals surface area contributed by atoms with Crippen molar-refractivity contribution in [3.8, 4) is 11.1 Å². The second-order valence-corrected chi connectivity index (χ2v) is 14.0. The van der Waals surface area contributed by atoms with Crippen molar-refractivity contribution in [1.29, 1.82) is 0 Å². The maximum absolute atomic E-state index is 13.0. The summed E-state index contributed by atoms with van der Waals surface area (Å²) in [6.07, 6.45) is -1.68. The number of aryl methyl sites for hydroxylation is 1. The van der Waals surface area contributed by atoms with Gasteiger partial charge in [0.1, 0.15) is 11.8 Å². The van der Waals surface area contributed by atoms with Crippen LogP contribution in [0.3, 0.4) is 0 Å². The van der Waals surface area contributed by atoms with E-state index in [2.05, 4.69) is 47.1 Å². The van der Waals surface area contributed by atoms with E-state index < -0.39 is 23.9 Å². The monoisotopic (exact) mass is 767 g/mol. The highest BCUT2D eigenvalue weighted by Gasteiger charge is 2.36. The first kappa shape index (κ1) is 35.3. The minimum Gasteiger partial charge on any atom is -0.388 e. The zero-order chi connectivity index (χ0) is 35.9. The van der Waals surface area contributed by atoms with Gasteiger partial charge in [-0.3, -0.25) is 14.8 Å². The SMILES string of the molecule is Cc1ccc(NC(=O)c2ccnc(C(F)(F)F)c2)cc1-c1cnc2c(c1)N1CCOCC1CC2O.OC1CC2COCCN2c2cc(Br)ccc21. The second kappa shape index (κ2) is 14.5. The number of nitrogens with zero attached hydrogens (tertiary/aromatic N) is 4. The molecule has 4 aromatic rings. The molecule has 0 aliphatic carbocycles. The molecule has 2 aromatic carbocycles. The van der Waals surface area contributed by atoms with Crippen molar-refractivity contribution in [3.05, 3.63) is 99.5 Å². The summed E-state index contributed by atoms with van der Waals surface area (Å²) in [5.74, 6) is -0.671. The fourth-order valence-electron chi connectivity index (χ4n) is 7.17. The summed E-state index contributed by atoms with van der Waals surface area (Å²) in [5, 5.41) is 23.3. The Morgan fingerprint density at radius 2 is 1.61 bits per heavy atom. The number of carbonyl (C=O) groups is 1. The van der Waals surface area contributed by atoms with Gasteiger partial charge in [-0.2, -0.15) is 13.2 Å². The van der Waals surface area contributed by atoms with Gasteiger partial charge in [0.2, 0.25) is 0 Å². The van der Waals surface area contributed by atoms with E-state index >= 15 is 0 Å². The Kier molecular flexibility index (Phi) is 10.0. The predicted octanol–water partition coefficient (Wildman–Crippen LogP) is 6.46. The number of alkyl halides is 3. The van der Waals surface area contributed by atoms with Crippen LogP contribution < -0.4 is 15.1 Å². The van der Waals surface area contributed by atoms with E-state index in [1.165, 1.54) is 6.07 Å². The summed E-state index contributed by atoms with van der Waals surface area (Å²) in [6.45, 7) is 6.19. The van der Waals surface area contributed by atoms with Gasteiger partial charge in [0.05, 0.1) is 56.0 Å². The molecule has 4 aliphatic rings. The first-order chi connectivity index (χ1) is 24.5. The Morgan fingerprint density at radius 3 is 2.33 bits per heavy atom. The largest absolute Gasteiger partial charge is 0.433 e. The summed E-state index contributed by atoms with van der Waals surface area (Å²) in [7, 11) is 0. The number of aromatic nitrogens is 2. The minimum atomic E-state index is -4.64. The fourth-order valence-corrected chi connectivity index (χ4v) is 7.52. The van der Waals surface area contributed by atoms with Crippen molar-refractivity contribution in [2.75, 3.05) is 54.6 Å². The summed E-state index contributed by atoms with van der Waals surface area (Å²) in [4.78, 5) is 25.1. The molecule has 8 rings (SSSR count). The van der Waals surface area contributed by atoms with Gasteiger partial charge in [-0.1, -0.05) is 28.1 Å². The lowest BCUT2D eigenvalue weighted by Crippen LogP contribution is -2.49. The Bertz CT molecular complexity index is 1930. The van der Waals surface area contributed by atoms with Gasteiger partial charge in [-0.05, 0) is 60.5 Å². The Morgan fingerprint density at radius 1 is 0.902 bits per heavy atom. The third-order valence-corrected chi connectivity index (χ3v) is 10.2. The minimum absolute atomic E-state index is 0.0805. The molecule has 4 atom stereocenters. The number of aliphatic hydroxyl groups is 2. The van der Waals surface area contributed by atoms with E-state index in [4.69, 9.17) is 9.47 Å². The molecule has 1 amide bonds. The molecule has 2 aromatic heterocycles. The van der Waals surface area contributed by atoms with Crippen molar-refractivity contribution in [1.82, 2.24) is 9.97 Å². The Balaban J connectivity index is 0.000000210. The standard InChI is InChI=1S/C25H23F3N4O3.C12H14BrNO2/c1-14-2-3-17(31-24(34)15-4-5-29-22(9-15)25(26,27)28)10-19(14)16-8-20-23(30-12-16)21(33)11-18-13-35-7-6-32(18)20;13-8-1-2-10-11(5-8)14-3-4-16-7-9(14)6-12(10)15/h2-5,8-10,12,18,21,33H,6-7,11,13H2,1H3,(H,31,34);1-2,5,9,12,15H,3-4,6-7H2. The summed E-state index contributed by atoms with van der Waals surface area (Å²) in [5.41, 5.74) is 5.41. The van der Waals surface area contributed by atoms with Crippen LogP contribution in [0.1, 0.15) is 57.9 Å². The molecule has 4 unspecified atom stereocenters. The van der Waals surface area contributed by atoms with E-state index in [0.717, 1.165) is 76.5 Å². The molecule has 14 heteroatoms. The number of hydrogen-bond donors (Lipinski definition) is 3. The van der Waals surface area contributed by atoms with Gasteiger partial charge >= 0.3 is 6.18 Å². The Labute approximate surface area is 301 Å². The average molecular weight is 769 g/mol. The number of hydrogen-bond acceptors (Lipinski definition) is 9. The molecule has 0 spiro atoms. The average Bonchev–Trinajstić information content (AvgIpc) is 3.12. The number of fused-ring (bicyclic) bond motifs is 6. The number of rotatable bonds is 3. The molecule has 0 radical (unpaired) electrons. The zero-order valence-electron chi connectivity index (χ0n) is 27.7. The van der Waals surface area contributed by atoms with Crippen LogP contribution in [-0.4, -0.2) is 77.7 Å². The predicted molar refractivity (Wildman–Crippen MR) is 189 cm³/mol. The second-order valence-electron chi connectivity index (χ2n) is 13.1. The van der Waals surface area contributed by atoms with Gasteiger partial charge in [-0.15, -0.1) is 0 Å². The molecule has 268 valence electrons. The highest BCUT2D eigenvalue weighted by Crippen LogP contribution is 2.41. The first-order valence-corrected chi connectivity index (χ1v) is 17.6. The first-order valence-electron chi connectivity index (χ1n) is 16.8. The van der Waals surface area contributed by atoms with Crippen LogP contribution in [0, 0.1) is 6.92 Å². The fraction of sp³-hybridized carbons (Fsp3) is 0.378. The summed E-state index contributed by atoms with van der Waals surface area (Å²) < 4.78 is 51.0. The van der Waals surface area contributed by atoms with Crippen LogP contribution in [0.15, 0.2) is 71.5 Å². The Hall–Kier alpha value is -4.08. The quantitative estimate of drug-likeness (QED) is 0.216. The third-order valence-electron chi connectivity index (χ3n) is 9.75. The lowest BCUT2D eigenvalue weighted by molar-refractivity contribution is -0.141. The van der Waals surface area contributed by atoms with Gasteiger partial charge in [-0.25, -0.2) is 0 Å². The van der Waals surface area contributed by atoms with Gasteiger partial charge in [0.25, 0.3) is 5.91 Å². The smallest absolute Gasteiger partial charge is 0.388 e. The van der Waals surface area contributed by atoms with Crippen molar-refractivity contribution in [2.24, 2.45) is 0 Å². The topological polar surface area (TPSA) is 120 Å². The van der Waals surface area contributed by atoms with Crippen molar-refractivity contribution in [2.45, 2.75) is 50.2 Å². The van der Waals surface area contributed by atoms with Crippen LogP contribution >= 0.6 is 15.9 Å². The van der Waals surface area contributed by atoms with Crippen LogP contribution in [0.5, 0.6) is 0 Å². The number of morpholine rings is 2. The third kappa shape index (κ3) is 7.47. The summed E-state index contributed by atoms with van der Waals surface area (Å²) in [6, 6.07) is 15.7. The van der Waals surface area contributed by atoms with E-state index in [1.54, 1.807) is 18.3 Å². The van der Waals surface area contributed by atoms with E-state index in [1.807, 2.05) is 31.2 Å². The van der Waals surface area contributed by atoms with Gasteiger partial charge < -0.3 is 34.8 Å². The van der Waals surface area contributed by atoms with Crippen molar-refractivity contribution < 1.29 is 37.7 Å². The molecule has 10 nitrogen and oxygen atoms in total. The molecule has 6 heterocycles. The van der Waals surface area contributed by atoms with Crippen LogP contribution in [0.25, 0.3) is 11.1 Å². The zero-order valence-corrected chi connectivity index (χ0v) is 29.3. The van der Waals surface area contributed by atoms with Crippen LogP contribution in [-0.2, 0) is 15.7 Å². The number of aliphatic hydroxyl groups excluding tert-OH is 2. The number of benzene rings is 2. The normalized spacial score (nSPS) is 22.4. The van der Waals surface area contributed by atoms with Crippen molar-refractivity contribution >= 4 is 38.9 Å². The molecule has 0 saturated carbocycles. The lowest BCUT2D eigenvalue weighted by Gasteiger charge is -2.43. The molecule has 3 N–H and O–H groups in total. The molecular formula is C37H37BrF3N5O5. The highest BCUT2D eigenvalue weighted by atomic mass is 79.9. The van der Waals surface area contributed by atoms with E-state index in [-0.39, 0.29) is 17.7 Å². The number of ether oxygens (including phenoxy) is 2. The number of anilines is 3. The maximum Gasteiger partial charge on any atom is 0.433 e. The van der Waals surface area contributed by atoms with Crippen LogP contribution in [0.4, 0.5) is 30.2 Å². The van der Waals surface area contributed by atoms with Crippen LogP contribution in [0.2, 0.25) is 0 Å². The van der Waals surface area contributed by atoms with Gasteiger partial charge in [0, 0.05) is 70.9 Å². The molecule has 2 saturated heterocycles. The maximum atomic E-state index is 13.0.